The SMILES string of the molecule is COc1cc(Nc2nc3cc(C4=N[NH2+]NN4)ccc3c3sccc23)ccc1F. The molecule has 0 radical (unpaired) electrons. The lowest BCUT2D eigenvalue weighted by Crippen LogP contribution is -2.87. The topological polar surface area (TPSA) is 87.2 Å². The molecule has 0 amide bonds. The van der Waals surface area contributed by atoms with Crippen molar-refractivity contribution in [3.8, 4) is 5.75 Å². The Labute approximate surface area is 163 Å². The van der Waals surface area contributed by atoms with E-state index in [1.807, 2.05) is 23.6 Å². The van der Waals surface area contributed by atoms with E-state index < -0.39 is 5.82 Å². The average molecular weight is 395 g/mol. The number of amidine groups is 1. The van der Waals surface area contributed by atoms with Gasteiger partial charge in [0.2, 0.25) is 5.84 Å². The Balaban J connectivity index is 1.63. The first-order valence-electron chi connectivity index (χ1n) is 8.56. The van der Waals surface area contributed by atoms with Crippen LogP contribution in [0, 0.1) is 5.82 Å². The van der Waals surface area contributed by atoms with Gasteiger partial charge in [0.1, 0.15) is 5.82 Å². The first kappa shape index (κ1) is 16.9. The van der Waals surface area contributed by atoms with Crippen molar-refractivity contribution in [2.45, 2.75) is 0 Å². The zero-order valence-electron chi connectivity index (χ0n) is 14.8. The number of hydrazine groups is 1. The van der Waals surface area contributed by atoms with Crippen molar-refractivity contribution in [1.82, 2.24) is 15.9 Å². The first-order chi connectivity index (χ1) is 13.7. The monoisotopic (exact) mass is 395 g/mol. The molecule has 9 heteroatoms. The molecule has 0 unspecified atom stereocenters. The van der Waals surface area contributed by atoms with E-state index in [0.29, 0.717) is 11.5 Å². The summed E-state index contributed by atoms with van der Waals surface area (Å²) in [6.07, 6.45) is 0. The zero-order valence-corrected chi connectivity index (χ0v) is 15.6. The highest BCUT2D eigenvalue weighted by Crippen LogP contribution is 2.35. The summed E-state index contributed by atoms with van der Waals surface area (Å²) in [5.74, 6) is 1.23. The first-order valence-corrected chi connectivity index (χ1v) is 9.44. The fraction of sp³-hybridized carbons (Fsp3) is 0.0526. The number of halogens is 1. The predicted octanol–water partition coefficient (Wildman–Crippen LogP) is 2.59. The van der Waals surface area contributed by atoms with Crippen molar-refractivity contribution in [2.24, 2.45) is 5.10 Å². The third-order valence-corrected chi connectivity index (χ3v) is 5.48. The van der Waals surface area contributed by atoms with Gasteiger partial charge in [0.05, 0.1) is 12.6 Å². The highest BCUT2D eigenvalue weighted by Gasteiger charge is 2.15. The number of aromatic nitrogens is 1. The average Bonchev–Trinajstić information content (AvgIpc) is 3.41. The van der Waals surface area contributed by atoms with E-state index in [9.17, 15) is 4.39 Å². The van der Waals surface area contributed by atoms with E-state index in [-0.39, 0.29) is 5.75 Å². The maximum atomic E-state index is 13.7. The number of hydrogen-bond acceptors (Lipinski definition) is 7. The molecule has 0 fully saturated rings. The summed E-state index contributed by atoms with van der Waals surface area (Å²) in [5.41, 5.74) is 9.94. The molecule has 0 atom stereocenters. The van der Waals surface area contributed by atoms with Crippen LogP contribution in [0.2, 0.25) is 0 Å². The number of methoxy groups -OCH3 is 1. The Morgan fingerprint density at radius 2 is 2.07 bits per heavy atom. The summed E-state index contributed by atoms with van der Waals surface area (Å²) >= 11 is 1.66. The number of pyridine rings is 1. The van der Waals surface area contributed by atoms with Crippen LogP contribution < -0.4 is 26.5 Å². The van der Waals surface area contributed by atoms with Gasteiger partial charge in [-0.05, 0) is 34.7 Å². The largest absolute Gasteiger partial charge is 0.494 e. The molecule has 5 N–H and O–H groups in total. The molecule has 0 saturated carbocycles. The molecule has 0 aliphatic carbocycles. The number of benzene rings is 2. The van der Waals surface area contributed by atoms with Gasteiger partial charge in [0.15, 0.2) is 11.6 Å². The zero-order chi connectivity index (χ0) is 19.1. The fourth-order valence-electron chi connectivity index (χ4n) is 3.19. The predicted molar refractivity (Wildman–Crippen MR) is 108 cm³/mol. The minimum Gasteiger partial charge on any atom is -0.494 e. The number of anilines is 2. The molecule has 1 aliphatic heterocycles. The summed E-state index contributed by atoms with van der Waals surface area (Å²) in [6.45, 7) is 0. The molecule has 3 heterocycles. The van der Waals surface area contributed by atoms with Crippen molar-refractivity contribution in [1.29, 1.82) is 0 Å². The molecule has 1 aliphatic rings. The number of nitrogens with zero attached hydrogens (tertiary/aromatic N) is 2. The molecule has 0 spiro atoms. The Morgan fingerprint density at radius 3 is 2.89 bits per heavy atom. The van der Waals surface area contributed by atoms with Crippen molar-refractivity contribution in [3.63, 3.8) is 0 Å². The number of nitrogens with one attached hydrogen (secondary N) is 3. The molecular weight excluding hydrogens is 379 g/mol. The van der Waals surface area contributed by atoms with E-state index in [1.165, 1.54) is 13.2 Å². The summed E-state index contributed by atoms with van der Waals surface area (Å²) < 4.78 is 19.9. The maximum absolute atomic E-state index is 13.7. The van der Waals surface area contributed by atoms with Gasteiger partial charge in [0, 0.05) is 32.8 Å². The molecule has 28 heavy (non-hydrogen) atoms. The van der Waals surface area contributed by atoms with E-state index in [1.54, 1.807) is 29.0 Å². The second-order valence-electron chi connectivity index (χ2n) is 6.21. The Hall–Kier alpha value is -3.27. The van der Waals surface area contributed by atoms with Crippen LogP contribution in [0.15, 0.2) is 52.9 Å². The number of ether oxygens (including phenoxy) is 1. The van der Waals surface area contributed by atoms with Gasteiger partial charge >= 0.3 is 0 Å². The summed E-state index contributed by atoms with van der Waals surface area (Å²) in [4.78, 5) is 4.83. The van der Waals surface area contributed by atoms with Gasteiger partial charge in [-0.1, -0.05) is 17.7 Å². The quantitative estimate of drug-likeness (QED) is 0.399. The van der Waals surface area contributed by atoms with Gasteiger partial charge in [-0.2, -0.15) is 0 Å². The lowest BCUT2D eigenvalue weighted by Gasteiger charge is -2.11. The molecular formula is C19H16FN6OS+. The van der Waals surface area contributed by atoms with Gasteiger partial charge in [-0.3, -0.25) is 5.43 Å². The van der Waals surface area contributed by atoms with Crippen LogP contribution in [-0.2, 0) is 0 Å². The molecule has 5 rings (SSSR count). The number of hydrogen-bond donors (Lipinski definition) is 4. The number of rotatable bonds is 4. The van der Waals surface area contributed by atoms with Crippen LogP contribution in [0.5, 0.6) is 5.75 Å². The van der Waals surface area contributed by atoms with Crippen molar-refractivity contribution in [3.05, 3.63) is 59.2 Å². The van der Waals surface area contributed by atoms with Crippen molar-refractivity contribution >= 4 is 49.7 Å². The third kappa shape index (κ3) is 2.82. The molecule has 140 valence electrons. The van der Waals surface area contributed by atoms with E-state index in [2.05, 4.69) is 27.4 Å². The van der Waals surface area contributed by atoms with Crippen LogP contribution >= 0.6 is 11.3 Å². The molecule has 0 saturated heterocycles. The fourth-order valence-corrected chi connectivity index (χ4v) is 4.13. The number of thiophene rings is 1. The van der Waals surface area contributed by atoms with Crippen LogP contribution in [0.4, 0.5) is 15.9 Å². The lowest BCUT2D eigenvalue weighted by atomic mass is 10.1. The van der Waals surface area contributed by atoms with E-state index in [0.717, 1.165) is 32.4 Å². The third-order valence-electron chi connectivity index (χ3n) is 4.53. The minimum absolute atomic E-state index is 0.184. The molecule has 2 aromatic carbocycles. The van der Waals surface area contributed by atoms with Gasteiger partial charge in [0.25, 0.3) is 0 Å². The highest BCUT2D eigenvalue weighted by molar-refractivity contribution is 7.18. The van der Waals surface area contributed by atoms with Crippen molar-refractivity contribution in [2.75, 3.05) is 12.4 Å². The summed E-state index contributed by atoms with van der Waals surface area (Å²) in [6, 6.07) is 12.8. The molecule has 4 aromatic rings. The number of fused-ring (bicyclic) bond motifs is 3. The van der Waals surface area contributed by atoms with Crippen LogP contribution in [0.3, 0.4) is 0 Å². The van der Waals surface area contributed by atoms with Gasteiger partial charge in [-0.15, -0.1) is 16.9 Å². The summed E-state index contributed by atoms with van der Waals surface area (Å²) in [7, 11) is 1.45. The Bertz CT molecular complexity index is 1240. The standard InChI is InChI=1S/C19H15FN6OS/c1-27-16-9-11(3-5-14(16)20)21-19-13-6-7-28-17(13)12-4-2-10(8-15(12)22-19)18-23-25-26-24-18/h2-9,25-26H,1H3,(H,21,22)(H,23,24)/p+1. The molecule has 0 bridgehead atoms. The van der Waals surface area contributed by atoms with Gasteiger partial charge in [-0.25, -0.2) is 9.37 Å². The van der Waals surface area contributed by atoms with Crippen molar-refractivity contribution < 1.29 is 14.7 Å². The maximum Gasteiger partial charge on any atom is 0.209 e. The Morgan fingerprint density at radius 1 is 1.14 bits per heavy atom. The second kappa shape index (κ2) is 6.71. The van der Waals surface area contributed by atoms with Crippen LogP contribution in [-0.4, -0.2) is 17.9 Å². The number of nitrogens with two attached hydrogens (primary N) is 1. The smallest absolute Gasteiger partial charge is 0.209 e. The Kier molecular flexibility index (Phi) is 4.05. The highest BCUT2D eigenvalue weighted by atomic mass is 32.1. The minimum atomic E-state index is -0.403. The van der Waals surface area contributed by atoms with E-state index >= 15 is 0 Å². The molecule has 7 nitrogen and oxygen atoms in total. The van der Waals surface area contributed by atoms with E-state index in [4.69, 9.17) is 9.72 Å². The second-order valence-corrected chi connectivity index (χ2v) is 7.12. The van der Waals surface area contributed by atoms with Crippen LogP contribution in [0.1, 0.15) is 5.56 Å². The molecule has 2 aromatic heterocycles. The lowest BCUT2D eigenvalue weighted by molar-refractivity contribution is -0.713. The summed E-state index contributed by atoms with van der Waals surface area (Å²) in [5, 5.41) is 11.7. The normalized spacial score (nSPS) is 13.6. The van der Waals surface area contributed by atoms with Gasteiger partial charge < -0.3 is 10.1 Å². The number of quaternary nitrogens is 1. The van der Waals surface area contributed by atoms with Crippen LogP contribution in [0.25, 0.3) is 21.0 Å².